The summed E-state index contributed by atoms with van der Waals surface area (Å²) in [6.07, 6.45) is 0. The van der Waals surface area contributed by atoms with Crippen LogP contribution < -0.4 is 5.32 Å². The molecule has 0 aliphatic carbocycles. The van der Waals surface area contributed by atoms with Crippen LogP contribution in [0.2, 0.25) is 0 Å². The van der Waals surface area contributed by atoms with Crippen molar-refractivity contribution in [2.75, 3.05) is 26.0 Å². The van der Waals surface area contributed by atoms with Crippen LogP contribution in [0.1, 0.15) is 0 Å². The SMILES string of the molecule is CN(C)CC(=O)Nc1cc(F)c(Br)cc1F. The summed E-state index contributed by atoms with van der Waals surface area (Å²) >= 11 is 2.85. The molecule has 6 heteroatoms. The number of hydrogen-bond acceptors (Lipinski definition) is 2. The van der Waals surface area contributed by atoms with Gasteiger partial charge in [-0.15, -0.1) is 0 Å². The van der Waals surface area contributed by atoms with Gasteiger partial charge in [0.05, 0.1) is 16.7 Å². The summed E-state index contributed by atoms with van der Waals surface area (Å²) in [6, 6.07) is 1.91. The van der Waals surface area contributed by atoms with Crippen molar-refractivity contribution < 1.29 is 13.6 Å². The molecule has 0 radical (unpaired) electrons. The first kappa shape index (κ1) is 13.1. The van der Waals surface area contributed by atoms with Crippen molar-refractivity contribution in [3.63, 3.8) is 0 Å². The number of likely N-dealkylation sites (N-methyl/N-ethyl adjacent to an activating group) is 1. The fourth-order valence-electron chi connectivity index (χ4n) is 1.10. The molecule has 0 saturated carbocycles. The number of nitrogens with one attached hydrogen (secondary N) is 1. The summed E-state index contributed by atoms with van der Waals surface area (Å²) in [5.41, 5.74) is -0.160. The summed E-state index contributed by atoms with van der Waals surface area (Å²) < 4.78 is 26.4. The third-order valence-electron chi connectivity index (χ3n) is 1.74. The lowest BCUT2D eigenvalue weighted by molar-refractivity contribution is -0.116. The maximum Gasteiger partial charge on any atom is 0.238 e. The van der Waals surface area contributed by atoms with Crippen molar-refractivity contribution in [1.82, 2.24) is 4.90 Å². The van der Waals surface area contributed by atoms with E-state index in [1.165, 1.54) is 0 Å². The number of hydrogen-bond donors (Lipinski definition) is 1. The Morgan fingerprint density at radius 3 is 2.56 bits per heavy atom. The number of rotatable bonds is 3. The Labute approximate surface area is 101 Å². The van der Waals surface area contributed by atoms with Crippen LogP contribution in [0.5, 0.6) is 0 Å². The second kappa shape index (κ2) is 5.36. The third-order valence-corrected chi connectivity index (χ3v) is 2.35. The molecular weight excluding hydrogens is 282 g/mol. The monoisotopic (exact) mass is 292 g/mol. The molecule has 0 bridgehead atoms. The molecular formula is C10H11BrF2N2O. The average molecular weight is 293 g/mol. The zero-order valence-electron chi connectivity index (χ0n) is 8.85. The van der Waals surface area contributed by atoms with Gasteiger partial charge in [-0.3, -0.25) is 4.79 Å². The van der Waals surface area contributed by atoms with Gasteiger partial charge in [-0.05, 0) is 36.1 Å². The summed E-state index contributed by atoms with van der Waals surface area (Å²) in [6.45, 7) is 0.108. The van der Waals surface area contributed by atoms with Crippen molar-refractivity contribution in [2.24, 2.45) is 0 Å². The Hall–Kier alpha value is -1.01. The van der Waals surface area contributed by atoms with Crippen LogP contribution >= 0.6 is 15.9 Å². The summed E-state index contributed by atoms with van der Waals surface area (Å²) in [7, 11) is 3.41. The Morgan fingerprint density at radius 1 is 1.38 bits per heavy atom. The van der Waals surface area contributed by atoms with Gasteiger partial charge in [0.2, 0.25) is 5.91 Å². The van der Waals surface area contributed by atoms with E-state index in [9.17, 15) is 13.6 Å². The fraction of sp³-hybridized carbons (Fsp3) is 0.300. The lowest BCUT2D eigenvalue weighted by atomic mass is 10.3. The van der Waals surface area contributed by atoms with E-state index in [0.717, 1.165) is 12.1 Å². The molecule has 1 aromatic carbocycles. The molecule has 1 amide bonds. The summed E-state index contributed by atoms with van der Waals surface area (Å²) in [5.74, 6) is -1.70. The Morgan fingerprint density at radius 2 is 2.00 bits per heavy atom. The van der Waals surface area contributed by atoms with Gasteiger partial charge >= 0.3 is 0 Å². The van der Waals surface area contributed by atoms with E-state index < -0.39 is 17.5 Å². The fourth-order valence-corrected chi connectivity index (χ4v) is 1.41. The quantitative estimate of drug-likeness (QED) is 0.867. The van der Waals surface area contributed by atoms with E-state index in [1.807, 2.05) is 0 Å². The highest BCUT2D eigenvalue weighted by atomic mass is 79.9. The maximum absolute atomic E-state index is 13.3. The van der Waals surface area contributed by atoms with Crippen molar-refractivity contribution in [3.05, 3.63) is 28.2 Å². The third kappa shape index (κ3) is 3.53. The molecule has 0 fully saturated rings. The molecule has 16 heavy (non-hydrogen) atoms. The number of anilines is 1. The van der Waals surface area contributed by atoms with Crippen molar-refractivity contribution >= 4 is 27.5 Å². The van der Waals surface area contributed by atoms with Gasteiger partial charge < -0.3 is 10.2 Å². The van der Waals surface area contributed by atoms with Crippen LogP contribution in [0.3, 0.4) is 0 Å². The Balaban J connectivity index is 2.81. The molecule has 1 aromatic rings. The van der Waals surface area contributed by atoms with Gasteiger partial charge in [-0.1, -0.05) is 0 Å². The number of benzene rings is 1. The molecule has 0 saturated heterocycles. The van der Waals surface area contributed by atoms with Crippen LogP contribution in [0, 0.1) is 11.6 Å². The Kier molecular flexibility index (Phi) is 4.37. The highest BCUT2D eigenvalue weighted by Gasteiger charge is 2.11. The summed E-state index contributed by atoms with van der Waals surface area (Å²) in [4.78, 5) is 12.9. The number of halogens is 3. The molecule has 3 nitrogen and oxygen atoms in total. The molecule has 0 aliphatic rings. The molecule has 0 atom stereocenters. The van der Waals surface area contributed by atoms with Gasteiger partial charge in [0.15, 0.2) is 0 Å². The maximum atomic E-state index is 13.3. The van der Waals surface area contributed by atoms with Gasteiger partial charge in [-0.2, -0.15) is 0 Å². The predicted molar refractivity (Wildman–Crippen MR) is 61.2 cm³/mol. The molecule has 0 heterocycles. The molecule has 0 unspecified atom stereocenters. The molecule has 0 aliphatic heterocycles. The van der Waals surface area contributed by atoms with E-state index in [0.29, 0.717) is 0 Å². The van der Waals surface area contributed by atoms with E-state index in [4.69, 9.17) is 0 Å². The zero-order chi connectivity index (χ0) is 12.3. The van der Waals surface area contributed by atoms with E-state index in [1.54, 1.807) is 19.0 Å². The highest BCUT2D eigenvalue weighted by Crippen LogP contribution is 2.23. The largest absolute Gasteiger partial charge is 0.322 e. The molecule has 1 N–H and O–H groups in total. The van der Waals surface area contributed by atoms with E-state index in [2.05, 4.69) is 21.2 Å². The van der Waals surface area contributed by atoms with Gasteiger partial charge in [0, 0.05) is 6.07 Å². The smallest absolute Gasteiger partial charge is 0.238 e. The average Bonchev–Trinajstić information content (AvgIpc) is 2.12. The first-order valence-electron chi connectivity index (χ1n) is 4.49. The topological polar surface area (TPSA) is 32.3 Å². The molecule has 0 spiro atoms. The van der Waals surface area contributed by atoms with Crippen molar-refractivity contribution in [1.29, 1.82) is 0 Å². The van der Waals surface area contributed by atoms with Crippen LogP contribution in [0.25, 0.3) is 0 Å². The number of carbonyl (C=O) groups is 1. The van der Waals surface area contributed by atoms with Gasteiger partial charge in [-0.25, -0.2) is 8.78 Å². The lowest BCUT2D eigenvalue weighted by Gasteiger charge is -2.11. The number of amides is 1. The van der Waals surface area contributed by atoms with Crippen LogP contribution in [0.15, 0.2) is 16.6 Å². The van der Waals surface area contributed by atoms with Crippen LogP contribution in [-0.2, 0) is 4.79 Å². The highest BCUT2D eigenvalue weighted by molar-refractivity contribution is 9.10. The zero-order valence-corrected chi connectivity index (χ0v) is 10.4. The minimum Gasteiger partial charge on any atom is -0.322 e. The predicted octanol–water partition coefficient (Wildman–Crippen LogP) is 2.23. The number of nitrogens with zero attached hydrogens (tertiary/aromatic N) is 1. The Bertz CT molecular complexity index is 410. The standard InChI is InChI=1S/C10H11BrF2N2O/c1-15(2)5-10(16)14-9-4-7(12)6(11)3-8(9)13/h3-4H,5H2,1-2H3,(H,14,16). The first-order valence-corrected chi connectivity index (χ1v) is 5.28. The van der Waals surface area contributed by atoms with E-state index >= 15 is 0 Å². The minimum absolute atomic E-state index is 0.0237. The second-order valence-electron chi connectivity index (χ2n) is 3.53. The normalized spacial score (nSPS) is 10.6. The summed E-state index contributed by atoms with van der Waals surface area (Å²) in [5, 5.41) is 2.29. The molecule has 1 rings (SSSR count). The minimum atomic E-state index is -0.680. The van der Waals surface area contributed by atoms with Crippen LogP contribution in [-0.4, -0.2) is 31.4 Å². The molecule has 88 valence electrons. The van der Waals surface area contributed by atoms with Gasteiger partial charge in [0.1, 0.15) is 11.6 Å². The van der Waals surface area contributed by atoms with Crippen LogP contribution in [0.4, 0.5) is 14.5 Å². The molecule has 0 aromatic heterocycles. The van der Waals surface area contributed by atoms with Gasteiger partial charge in [0.25, 0.3) is 0 Å². The van der Waals surface area contributed by atoms with E-state index in [-0.39, 0.29) is 16.7 Å². The van der Waals surface area contributed by atoms with Crippen molar-refractivity contribution in [2.45, 2.75) is 0 Å². The van der Waals surface area contributed by atoms with Crippen molar-refractivity contribution in [3.8, 4) is 0 Å². The lowest BCUT2D eigenvalue weighted by Crippen LogP contribution is -2.27. The number of carbonyl (C=O) groups excluding carboxylic acids is 1. The second-order valence-corrected chi connectivity index (χ2v) is 4.39. The first-order chi connectivity index (χ1) is 7.40.